The molecule has 0 amide bonds. The van der Waals surface area contributed by atoms with Crippen molar-refractivity contribution in [2.24, 2.45) is 0 Å². The minimum absolute atomic E-state index is 0.0395. The van der Waals surface area contributed by atoms with E-state index in [9.17, 15) is 4.79 Å². The van der Waals surface area contributed by atoms with Gasteiger partial charge in [-0.15, -0.1) is 0 Å². The molecule has 0 saturated carbocycles. The summed E-state index contributed by atoms with van der Waals surface area (Å²) in [5, 5.41) is -0.317. The molecule has 1 saturated heterocycles. The van der Waals surface area contributed by atoms with Crippen LogP contribution in [0.3, 0.4) is 0 Å². The summed E-state index contributed by atoms with van der Waals surface area (Å²) >= 11 is 0. The van der Waals surface area contributed by atoms with Crippen molar-refractivity contribution in [3.63, 3.8) is 0 Å². The largest absolute Gasteiger partial charge is 0.414 e. The maximum Gasteiger partial charge on any atom is 0.351 e. The van der Waals surface area contributed by atoms with E-state index >= 15 is 0 Å². The van der Waals surface area contributed by atoms with Gasteiger partial charge in [-0.1, -0.05) is 170 Å². The second-order valence-electron chi connectivity index (χ2n) is 31.9. The van der Waals surface area contributed by atoms with Crippen LogP contribution in [0.25, 0.3) is 77.7 Å². The van der Waals surface area contributed by atoms with Crippen molar-refractivity contribution in [2.75, 3.05) is 12.3 Å². The highest BCUT2D eigenvalue weighted by Crippen LogP contribution is 2.49. The third-order valence-electron chi connectivity index (χ3n) is 22.2. The van der Waals surface area contributed by atoms with Gasteiger partial charge >= 0.3 is 5.69 Å². The smallest absolute Gasteiger partial charge is 0.351 e. The van der Waals surface area contributed by atoms with E-state index in [1.165, 1.54) is 55.7 Å². The maximum absolute atomic E-state index is 14.8. The van der Waals surface area contributed by atoms with E-state index in [4.69, 9.17) is 33.7 Å². The van der Waals surface area contributed by atoms with Crippen LogP contribution in [-0.2, 0) is 30.9 Å². The first kappa shape index (κ1) is 72.5. The molecule has 1 fully saturated rings. The summed E-state index contributed by atoms with van der Waals surface area (Å²) in [5.41, 5.74) is 30.7. The molecule has 2 aromatic carbocycles. The van der Waals surface area contributed by atoms with Crippen molar-refractivity contribution < 1.29 is 18.0 Å². The first-order chi connectivity index (χ1) is 44.1. The second-order valence-corrected chi connectivity index (χ2v) is 46.2. The average Bonchev–Trinajstić information content (AvgIpc) is 1.58. The number of H-pyrrole nitrogens is 2. The highest BCUT2D eigenvalue weighted by molar-refractivity contribution is 6.75. The van der Waals surface area contributed by atoms with Crippen LogP contribution in [0, 0.1) is 13.8 Å². The molecule has 508 valence electrons. The van der Waals surface area contributed by atoms with Gasteiger partial charge in [0.2, 0.25) is 0 Å². The Morgan fingerprint density at radius 2 is 0.979 bits per heavy atom. The number of anilines is 1. The molecule has 4 aromatic heterocycles. The number of allylic oxidation sites excluding steroid dienone is 4. The van der Waals surface area contributed by atoms with E-state index in [-0.39, 0.29) is 20.9 Å². The van der Waals surface area contributed by atoms with Crippen LogP contribution in [-0.4, -0.2) is 79.4 Å². The summed E-state index contributed by atoms with van der Waals surface area (Å²) in [6.45, 7) is 52.5. The maximum atomic E-state index is 14.8. The molecule has 7 heterocycles. The number of nitrogens with zero attached hydrogens (tertiary/aromatic N) is 4. The number of aromatic amines is 2. The number of ether oxygens (including phenoxy) is 1. The third-order valence-corrected chi connectivity index (χ3v) is 35.6. The number of nitrogens with one attached hydrogen (secondary N) is 2. The van der Waals surface area contributed by atoms with Gasteiger partial charge in [0, 0.05) is 33.9 Å². The Bertz CT molecular complexity index is 3910. The predicted molar refractivity (Wildman–Crippen MR) is 406 cm³/mol. The van der Waals surface area contributed by atoms with E-state index < -0.39 is 55.2 Å². The number of nitrogens with two attached hydrogens (primary N) is 1. The van der Waals surface area contributed by atoms with E-state index in [1.54, 1.807) is 4.57 Å². The molecule has 9 rings (SSSR count). The molecule has 4 atom stereocenters. The van der Waals surface area contributed by atoms with Gasteiger partial charge in [0.15, 0.2) is 31.2 Å². The average molecular weight is 1330 g/mol. The molecule has 15 heteroatoms. The first-order valence-corrected chi connectivity index (χ1v) is 44.2. The van der Waals surface area contributed by atoms with Crippen LogP contribution in [0.1, 0.15) is 219 Å². The molecule has 94 heavy (non-hydrogen) atoms. The molecule has 3 aliphatic rings. The molecule has 0 radical (unpaired) electrons. The molecular formula is C79H115N7O5Si3. The van der Waals surface area contributed by atoms with Crippen molar-refractivity contribution in [1.82, 2.24) is 29.5 Å². The molecule has 8 bridgehead atoms. The highest BCUT2D eigenvalue weighted by Gasteiger charge is 2.55. The summed E-state index contributed by atoms with van der Waals surface area (Å²) in [7, 11) is -7.31. The van der Waals surface area contributed by atoms with Crippen molar-refractivity contribution in [2.45, 2.75) is 274 Å². The van der Waals surface area contributed by atoms with E-state index in [2.05, 4.69) is 239 Å². The standard InChI is InChI=1S/C79H115N7O5Si3/c1-24-28-37-56-49(5)68-66(54-35-33-32-34-36-54)69-50(6)57(38-29-25-2)62(82-69)46-64-59(40-31-27-4)52(8)71(84-64)67(70-51(7)58(39-30-26-3)63(83-70)45-61(56)81-68)55-43-41-53(42-44-55)60-47-86(76(87)85-74(60)80)75-73(91-94(22,23)79(15,16)17)72(90-93(20,21)78(12,13)14)65(89-75)48-88-92(18,19)77(9,10)11/h32-36,41-47,65,72-73,75,81-82H,24-31,37-40,48H2,1-23H3,(H2,80,85,87)/t65-,72-,73-,75-/m1/s1. The van der Waals surface area contributed by atoms with Crippen molar-refractivity contribution in [3.05, 3.63) is 128 Å². The topological polar surface area (TPSA) is 155 Å². The fourth-order valence-corrected chi connectivity index (χ4v) is 16.6. The number of hydrogen-bond donors (Lipinski definition) is 3. The van der Waals surface area contributed by atoms with Crippen molar-refractivity contribution in [1.29, 1.82) is 0 Å². The number of hydrogen-bond acceptors (Lipinski definition) is 9. The minimum Gasteiger partial charge on any atom is -0.414 e. The molecule has 12 nitrogen and oxygen atoms in total. The van der Waals surface area contributed by atoms with E-state index in [0.717, 1.165) is 139 Å². The van der Waals surface area contributed by atoms with Crippen molar-refractivity contribution >= 4 is 75.1 Å². The fraction of sp³-hybridized carbons (Fsp3) is 0.544. The van der Waals surface area contributed by atoms with E-state index in [1.807, 2.05) is 6.20 Å². The van der Waals surface area contributed by atoms with Gasteiger partial charge in [-0.25, -0.2) is 14.8 Å². The molecule has 0 aliphatic carbocycles. The van der Waals surface area contributed by atoms with Gasteiger partial charge in [-0.3, -0.25) is 4.57 Å². The second kappa shape index (κ2) is 28.3. The first-order valence-electron chi connectivity index (χ1n) is 35.5. The Morgan fingerprint density at radius 1 is 0.553 bits per heavy atom. The summed E-state index contributed by atoms with van der Waals surface area (Å²) < 4.78 is 30.9. The lowest BCUT2D eigenvalue weighted by Gasteiger charge is -2.44. The zero-order valence-electron chi connectivity index (χ0n) is 61.8. The van der Waals surface area contributed by atoms with Crippen LogP contribution in [0.15, 0.2) is 77.7 Å². The molecule has 0 unspecified atom stereocenters. The number of nitrogen functional groups attached to an aromatic ring is 1. The van der Waals surface area contributed by atoms with Crippen LogP contribution >= 0.6 is 0 Å². The summed E-state index contributed by atoms with van der Waals surface area (Å²) in [5.74, 6) is 0.136. The van der Waals surface area contributed by atoms with Crippen molar-refractivity contribution in [3.8, 4) is 33.4 Å². The van der Waals surface area contributed by atoms with E-state index in [0.29, 0.717) is 12.2 Å². The molecule has 4 N–H and O–H groups in total. The molecule has 0 spiro atoms. The molecule has 3 aliphatic heterocycles. The van der Waals surface area contributed by atoms with Gasteiger partial charge in [0.05, 0.1) is 40.4 Å². The zero-order valence-corrected chi connectivity index (χ0v) is 64.8. The lowest BCUT2D eigenvalue weighted by atomic mass is 9.91. The Hall–Kier alpha value is -5.79. The highest BCUT2D eigenvalue weighted by atomic mass is 28.4. The molecule has 6 aromatic rings. The summed E-state index contributed by atoms with van der Waals surface area (Å²) in [6, 6.07) is 24.3. The molecular weight excluding hydrogens is 1210 g/mol. The van der Waals surface area contributed by atoms with Gasteiger partial charge in [-0.2, -0.15) is 4.98 Å². The van der Waals surface area contributed by atoms with Gasteiger partial charge < -0.3 is 33.7 Å². The normalized spacial score (nSPS) is 17.7. The number of unbranched alkanes of at least 4 members (excludes halogenated alkanes) is 4. The summed E-state index contributed by atoms with van der Waals surface area (Å²) in [4.78, 5) is 39.4. The quantitative estimate of drug-likeness (QED) is 0.0532. The van der Waals surface area contributed by atoms with Crippen LogP contribution in [0.5, 0.6) is 0 Å². The third kappa shape index (κ3) is 14.6. The fourth-order valence-electron chi connectivity index (χ4n) is 12.9. The Morgan fingerprint density at radius 3 is 1.43 bits per heavy atom. The summed E-state index contributed by atoms with van der Waals surface area (Å²) in [6.07, 6.45) is 11.4. The number of rotatable bonds is 23. The van der Waals surface area contributed by atoms with Gasteiger partial charge in [0.1, 0.15) is 24.1 Å². The van der Waals surface area contributed by atoms with Crippen LogP contribution in [0.2, 0.25) is 54.4 Å². The lowest BCUT2D eigenvalue weighted by molar-refractivity contribution is -0.0508. The Balaban J connectivity index is 1.31. The Kier molecular flexibility index (Phi) is 21.9. The number of aryl methyl sites for hydroxylation is 4. The number of fused-ring (bicyclic) bond motifs is 8. The van der Waals surface area contributed by atoms with Gasteiger partial charge in [-0.05, 0) is 207 Å². The zero-order chi connectivity index (χ0) is 68.8. The minimum atomic E-state index is -2.56. The number of benzene rings is 2. The van der Waals surface area contributed by atoms with Crippen LogP contribution < -0.4 is 11.4 Å². The Labute approximate surface area is 567 Å². The number of aromatic nitrogens is 6. The van der Waals surface area contributed by atoms with Gasteiger partial charge in [0.25, 0.3) is 0 Å². The lowest BCUT2D eigenvalue weighted by Crippen LogP contribution is -2.54. The predicted octanol–water partition coefficient (Wildman–Crippen LogP) is 21.7. The SMILES string of the molecule is CCCCC1=C(C)c2nc1cc1[nH]c(c(C)c1CCCC)c(-c1ccccc1)c1[nH]c(cc3nc(c2-c2ccc(-c4cn([C@@H]5O[C@H](CO[Si](C)(C)C(C)(C)C)[C@@H](O[Si](C)(C)C(C)(C)C)[C@H]5O[Si](C)(C)C(C)(C)C)c(=O)nc4N)cc2)C(C)=C3CCCC)c(CCCC)c1C. The van der Waals surface area contributed by atoms with Crippen LogP contribution in [0.4, 0.5) is 5.82 Å². The monoisotopic (exact) mass is 1330 g/mol.